The van der Waals surface area contributed by atoms with Gasteiger partial charge in [0, 0.05) is 11.3 Å². The number of thiol groups is 1. The molecular formula is C16H20BFO4S. The molecule has 1 N–H and O–H groups in total. The molecule has 1 saturated heterocycles. The first-order valence-electron chi connectivity index (χ1n) is 7.28. The maximum atomic E-state index is 14.3. The Morgan fingerprint density at radius 2 is 1.87 bits per heavy atom. The lowest BCUT2D eigenvalue weighted by molar-refractivity contribution is 0.00578. The Morgan fingerprint density at radius 1 is 1.30 bits per heavy atom. The van der Waals surface area contributed by atoms with E-state index in [2.05, 4.69) is 12.6 Å². The Balaban J connectivity index is 2.38. The van der Waals surface area contributed by atoms with E-state index in [4.69, 9.17) is 14.4 Å². The van der Waals surface area contributed by atoms with Gasteiger partial charge in [0.15, 0.2) is 0 Å². The molecule has 0 saturated carbocycles. The minimum absolute atomic E-state index is 0.170. The summed E-state index contributed by atoms with van der Waals surface area (Å²) in [5.74, 6) is -1.79. The number of carbonyl (C=O) groups is 1. The number of halogens is 1. The van der Waals surface area contributed by atoms with Crippen molar-refractivity contribution < 1.29 is 23.6 Å². The zero-order chi connectivity index (χ0) is 17.4. The van der Waals surface area contributed by atoms with E-state index in [0.29, 0.717) is 11.2 Å². The zero-order valence-corrected chi connectivity index (χ0v) is 14.5. The molecule has 0 radical (unpaired) electrons. The molecule has 124 valence electrons. The van der Waals surface area contributed by atoms with Gasteiger partial charge in [0.1, 0.15) is 5.82 Å². The third-order valence-corrected chi connectivity index (χ3v) is 4.70. The second kappa shape index (κ2) is 6.30. The zero-order valence-electron chi connectivity index (χ0n) is 13.6. The number of carboxylic acid groups (broad SMARTS) is 1. The number of aromatic carboxylic acids is 1. The largest absolute Gasteiger partial charge is 0.491 e. The van der Waals surface area contributed by atoms with Gasteiger partial charge in [-0.2, -0.15) is 12.6 Å². The molecule has 0 spiro atoms. The highest BCUT2D eigenvalue weighted by Crippen LogP contribution is 2.39. The van der Waals surface area contributed by atoms with Crippen LogP contribution in [0.25, 0.3) is 6.08 Å². The van der Waals surface area contributed by atoms with Crippen LogP contribution in [0.15, 0.2) is 23.7 Å². The second-order valence-electron chi connectivity index (χ2n) is 6.48. The summed E-state index contributed by atoms with van der Waals surface area (Å²) in [6, 6.07) is 4.24. The van der Waals surface area contributed by atoms with Gasteiger partial charge in [-0.15, -0.1) is 0 Å². The van der Waals surface area contributed by atoms with Crippen LogP contribution in [0.1, 0.15) is 43.6 Å². The number of benzene rings is 1. The fraction of sp³-hybridized carbons (Fsp3) is 0.438. The second-order valence-corrected chi connectivity index (χ2v) is 6.80. The average Bonchev–Trinajstić information content (AvgIpc) is 2.65. The van der Waals surface area contributed by atoms with Gasteiger partial charge in [0.25, 0.3) is 0 Å². The van der Waals surface area contributed by atoms with Crippen LogP contribution in [0, 0.1) is 5.82 Å². The van der Waals surface area contributed by atoms with Crippen molar-refractivity contribution >= 4 is 31.8 Å². The van der Waals surface area contributed by atoms with Gasteiger partial charge >= 0.3 is 13.1 Å². The molecular weight excluding hydrogens is 318 g/mol. The molecule has 0 amide bonds. The maximum Gasteiger partial charge on any atom is 0.491 e. The van der Waals surface area contributed by atoms with Gasteiger partial charge in [-0.3, -0.25) is 0 Å². The van der Waals surface area contributed by atoms with Crippen molar-refractivity contribution in [2.24, 2.45) is 0 Å². The number of rotatable bonds is 4. The average molecular weight is 338 g/mol. The minimum Gasteiger partial charge on any atom is -0.478 e. The van der Waals surface area contributed by atoms with Crippen LogP contribution in [0.4, 0.5) is 4.39 Å². The first-order chi connectivity index (χ1) is 10.6. The van der Waals surface area contributed by atoms with Crippen LogP contribution >= 0.6 is 12.6 Å². The molecule has 1 heterocycles. The van der Waals surface area contributed by atoms with Gasteiger partial charge < -0.3 is 14.4 Å². The highest BCUT2D eigenvalue weighted by atomic mass is 32.1. The first-order valence-corrected chi connectivity index (χ1v) is 7.91. The lowest BCUT2D eigenvalue weighted by Gasteiger charge is -2.32. The maximum absolute atomic E-state index is 14.3. The molecule has 0 atom stereocenters. The van der Waals surface area contributed by atoms with Crippen molar-refractivity contribution in [3.8, 4) is 0 Å². The molecule has 23 heavy (non-hydrogen) atoms. The lowest BCUT2D eigenvalue weighted by Crippen LogP contribution is -2.41. The molecule has 2 rings (SSSR count). The van der Waals surface area contributed by atoms with E-state index in [1.54, 1.807) is 0 Å². The number of carboxylic acids is 1. The summed E-state index contributed by atoms with van der Waals surface area (Å²) in [6.45, 7) is 7.70. The summed E-state index contributed by atoms with van der Waals surface area (Å²) < 4.78 is 26.1. The summed E-state index contributed by atoms with van der Waals surface area (Å²) in [5, 5.41) is 9.01. The fourth-order valence-corrected chi connectivity index (χ4v) is 2.45. The molecule has 0 bridgehead atoms. The summed E-state index contributed by atoms with van der Waals surface area (Å²) in [6.07, 6.45) is 1.54. The normalized spacial score (nSPS) is 19.9. The third-order valence-electron chi connectivity index (χ3n) is 4.34. The van der Waals surface area contributed by atoms with E-state index in [9.17, 15) is 9.18 Å². The molecule has 1 aromatic rings. The Bertz CT molecular complexity index is 641. The van der Waals surface area contributed by atoms with Crippen LogP contribution < -0.4 is 0 Å². The predicted molar refractivity (Wildman–Crippen MR) is 91.3 cm³/mol. The lowest BCUT2D eigenvalue weighted by atomic mass is 9.78. The molecule has 1 aliphatic rings. The highest BCUT2D eigenvalue weighted by molar-refractivity contribution is 7.80. The third kappa shape index (κ3) is 3.46. The first kappa shape index (κ1) is 18.0. The predicted octanol–water partition coefficient (Wildman–Crippen LogP) is 3.47. The standard InChI is InChI=1S/C16H20BFO4S/c1-15(2)16(3,4)22-17(21-15)11(9-23)8-10-6-5-7-12(13(10)18)14(19)20/h5-8,23H,9H2,1-4H3,(H,19,20). The van der Waals surface area contributed by atoms with Gasteiger partial charge in [-0.25, -0.2) is 9.18 Å². The van der Waals surface area contributed by atoms with E-state index >= 15 is 0 Å². The minimum atomic E-state index is -1.30. The summed E-state index contributed by atoms with van der Waals surface area (Å²) in [5.41, 5.74) is -0.592. The van der Waals surface area contributed by atoms with Gasteiger partial charge in [0.2, 0.25) is 0 Å². The molecule has 0 aliphatic carbocycles. The molecule has 1 aromatic carbocycles. The quantitative estimate of drug-likeness (QED) is 0.652. The fourth-order valence-electron chi connectivity index (χ4n) is 2.21. The molecule has 7 heteroatoms. The molecule has 0 aromatic heterocycles. The van der Waals surface area contributed by atoms with Gasteiger partial charge in [-0.05, 0) is 39.2 Å². The van der Waals surface area contributed by atoms with E-state index in [1.165, 1.54) is 24.3 Å². The Hall–Kier alpha value is -1.31. The summed E-state index contributed by atoms with van der Waals surface area (Å²) >= 11 is 4.27. The number of hydrogen-bond donors (Lipinski definition) is 2. The van der Waals surface area contributed by atoms with Crippen LogP contribution in [0.5, 0.6) is 0 Å². The van der Waals surface area contributed by atoms with Crippen molar-refractivity contribution in [1.29, 1.82) is 0 Å². The van der Waals surface area contributed by atoms with E-state index in [-0.39, 0.29) is 11.1 Å². The Kier molecular flexibility index (Phi) is 4.94. The van der Waals surface area contributed by atoms with Crippen molar-refractivity contribution in [2.45, 2.75) is 38.9 Å². The smallest absolute Gasteiger partial charge is 0.478 e. The van der Waals surface area contributed by atoms with E-state index in [0.717, 1.165) is 0 Å². The van der Waals surface area contributed by atoms with Crippen molar-refractivity contribution in [3.05, 3.63) is 40.6 Å². The van der Waals surface area contributed by atoms with Crippen LogP contribution in [0.3, 0.4) is 0 Å². The summed E-state index contributed by atoms with van der Waals surface area (Å²) in [7, 11) is -0.648. The van der Waals surface area contributed by atoms with Crippen LogP contribution in [0.2, 0.25) is 0 Å². The van der Waals surface area contributed by atoms with Crippen LogP contribution in [-0.4, -0.2) is 35.1 Å². The molecule has 1 aliphatic heterocycles. The number of hydrogen-bond acceptors (Lipinski definition) is 4. The monoisotopic (exact) mass is 338 g/mol. The topological polar surface area (TPSA) is 55.8 Å². The van der Waals surface area contributed by atoms with Crippen LogP contribution in [-0.2, 0) is 9.31 Å². The molecule has 0 unspecified atom stereocenters. The van der Waals surface area contributed by atoms with Crippen molar-refractivity contribution in [2.75, 3.05) is 5.75 Å². The SMILES string of the molecule is CC1(C)OB(C(=Cc2cccc(C(=O)O)c2F)CS)OC1(C)C. The molecule has 1 fully saturated rings. The Labute approximate surface area is 141 Å². The van der Waals surface area contributed by atoms with Crippen molar-refractivity contribution in [3.63, 3.8) is 0 Å². The summed E-state index contributed by atoms with van der Waals surface area (Å²) in [4.78, 5) is 11.0. The van der Waals surface area contributed by atoms with Gasteiger partial charge in [0.05, 0.1) is 16.8 Å². The van der Waals surface area contributed by atoms with E-state index < -0.39 is 30.1 Å². The Morgan fingerprint density at radius 3 is 2.35 bits per heavy atom. The highest BCUT2D eigenvalue weighted by Gasteiger charge is 2.52. The van der Waals surface area contributed by atoms with Crippen molar-refractivity contribution in [1.82, 2.24) is 0 Å². The molecule has 4 nitrogen and oxygen atoms in total. The van der Waals surface area contributed by atoms with E-state index in [1.807, 2.05) is 27.7 Å². The van der Waals surface area contributed by atoms with Gasteiger partial charge in [-0.1, -0.05) is 18.2 Å².